The van der Waals surface area contributed by atoms with Gasteiger partial charge in [0.2, 0.25) is 11.8 Å². The molecule has 1 aromatic carbocycles. The standard InChI is InChI=1S/C14H12N6O4/c15-19-17-6-16-8-3-1-2-7-11(8)14(24)20(13(7)23)9-4-5-10(21)18-12(9)22/h1-3,9,16H,4-6H2,(H,18,21,22). The highest BCUT2D eigenvalue weighted by Crippen LogP contribution is 2.32. The maximum atomic E-state index is 12.7. The number of piperidine rings is 1. The third-order valence-corrected chi connectivity index (χ3v) is 3.87. The van der Waals surface area contributed by atoms with Crippen LogP contribution in [0.1, 0.15) is 33.6 Å². The number of amides is 4. The number of hydrogen-bond acceptors (Lipinski definition) is 6. The molecule has 0 bridgehead atoms. The molecule has 0 spiro atoms. The van der Waals surface area contributed by atoms with Crippen LogP contribution in [-0.4, -0.2) is 41.2 Å². The van der Waals surface area contributed by atoms with Crippen LogP contribution in [0.2, 0.25) is 0 Å². The molecule has 1 atom stereocenters. The summed E-state index contributed by atoms with van der Waals surface area (Å²) >= 11 is 0. The number of carbonyl (C=O) groups excluding carboxylic acids is 4. The summed E-state index contributed by atoms with van der Waals surface area (Å²) in [6, 6.07) is 3.63. The Morgan fingerprint density at radius 2 is 2.08 bits per heavy atom. The molecule has 1 fully saturated rings. The average molecular weight is 328 g/mol. The Morgan fingerprint density at radius 3 is 2.79 bits per heavy atom. The fraction of sp³-hybridized carbons (Fsp3) is 0.286. The molecule has 4 amide bonds. The van der Waals surface area contributed by atoms with E-state index in [9.17, 15) is 19.2 Å². The van der Waals surface area contributed by atoms with Gasteiger partial charge in [-0.15, -0.1) is 0 Å². The first kappa shape index (κ1) is 15.5. The van der Waals surface area contributed by atoms with E-state index in [1.54, 1.807) is 12.1 Å². The Labute approximate surface area is 135 Å². The van der Waals surface area contributed by atoms with Gasteiger partial charge in [-0.3, -0.25) is 29.4 Å². The third-order valence-electron chi connectivity index (χ3n) is 3.87. The lowest BCUT2D eigenvalue weighted by molar-refractivity contribution is -0.136. The smallest absolute Gasteiger partial charge is 0.264 e. The maximum absolute atomic E-state index is 12.7. The maximum Gasteiger partial charge on any atom is 0.264 e. The molecule has 2 N–H and O–H groups in total. The van der Waals surface area contributed by atoms with Crippen molar-refractivity contribution in [3.05, 3.63) is 39.8 Å². The first-order valence-corrected chi connectivity index (χ1v) is 7.14. The van der Waals surface area contributed by atoms with E-state index in [0.717, 1.165) is 4.90 Å². The van der Waals surface area contributed by atoms with Gasteiger partial charge in [-0.05, 0) is 24.1 Å². The molecule has 1 saturated heterocycles. The lowest BCUT2D eigenvalue weighted by Crippen LogP contribution is -2.54. The van der Waals surface area contributed by atoms with E-state index in [4.69, 9.17) is 5.53 Å². The number of azide groups is 1. The number of rotatable bonds is 4. The van der Waals surface area contributed by atoms with Crippen LogP contribution in [0.5, 0.6) is 0 Å². The van der Waals surface area contributed by atoms with Crippen molar-refractivity contribution in [2.24, 2.45) is 5.11 Å². The van der Waals surface area contributed by atoms with Crippen molar-refractivity contribution in [3.63, 3.8) is 0 Å². The third kappa shape index (κ3) is 2.44. The van der Waals surface area contributed by atoms with Crippen molar-refractivity contribution in [1.82, 2.24) is 10.2 Å². The van der Waals surface area contributed by atoms with Gasteiger partial charge in [-0.25, -0.2) is 0 Å². The molecular weight excluding hydrogens is 316 g/mol. The van der Waals surface area contributed by atoms with Gasteiger partial charge in [-0.2, -0.15) is 0 Å². The Bertz CT molecular complexity index is 813. The number of carbonyl (C=O) groups is 4. The van der Waals surface area contributed by atoms with Crippen LogP contribution in [0, 0.1) is 0 Å². The predicted molar refractivity (Wildman–Crippen MR) is 80.7 cm³/mol. The number of hydrogen-bond donors (Lipinski definition) is 2. The lowest BCUT2D eigenvalue weighted by atomic mass is 10.0. The van der Waals surface area contributed by atoms with E-state index in [2.05, 4.69) is 20.7 Å². The minimum atomic E-state index is -1.01. The molecule has 1 unspecified atom stereocenters. The van der Waals surface area contributed by atoms with Crippen molar-refractivity contribution >= 4 is 29.3 Å². The molecule has 10 nitrogen and oxygen atoms in total. The predicted octanol–water partition coefficient (Wildman–Crippen LogP) is 0.767. The second kappa shape index (κ2) is 6.01. The molecule has 0 saturated carbocycles. The van der Waals surface area contributed by atoms with Gasteiger partial charge in [0, 0.05) is 17.0 Å². The Hall–Kier alpha value is -3.39. The summed E-state index contributed by atoms with van der Waals surface area (Å²) in [4.78, 5) is 51.9. The number of fused-ring (bicyclic) bond motifs is 1. The van der Waals surface area contributed by atoms with Crippen molar-refractivity contribution in [2.45, 2.75) is 18.9 Å². The summed E-state index contributed by atoms with van der Waals surface area (Å²) in [5, 5.41) is 8.22. The molecule has 122 valence electrons. The Kier molecular flexibility index (Phi) is 3.88. The quantitative estimate of drug-likeness (QED) is 0.363. The van der Waals surface area contributed by atoms with E-state index in [-0.39, 0.29) is 30.6 Å². The summed E-state index contributed by atoms with van der Waals surface area (Å²) in [7, 11) is 0. The van der Waals surface area contributed by atoms with E-state index < -0.39 is 29.7 Å². The van der Waals surface area contributed by atoms with Crippen LogP contribution in [0.3, 0.4) is 0 Å². The molecule has 0 radical (unpaired) electrons. The molecule has 1 aromatic rings. The molecule has 2 aliphatic heterocycles. The molecule has 2 aliphatic rings. The fourth-order valence-corrected chi connectivity index (χ4v) is 2.81. The van der Waals surface area contributed by atoms with Crippen molar-refractivity contribution in [3.8, 4) is 0 Å². The van der Waals surface area contributed by atoms with E-state index >= 15 is 0 Å². The van der Waals surface area contributed by atoms with E-state index in [1.807, 2.05) is 0 Å². The van der Waals surface area contributed by atoms with Gasteiger partial charge in [0.05, 0.1) is 17.8 Å². The van der Waals surface area contributed by atoms with Gasteiger partial charge in [0.15, 0.2) is 0 Å². The normalized spacial score (nSPS) is 19.7. The molecular formula is C14H12N6O4. The van der Waals surface area contributed by atoms with Gasteiger partial charge < -0.3 is 5.32 Å². The van der Waals surface area contributed by atoms with Crippen molar-refractivity contribution in [1.29, 1.82) is 0 Å². The SMILES string of the molecule is [N-]=[N+]=NCNc1cccc2c1C(=O)N(C1CCC(=O)NC1=O)C2=O. The summed E-state index contributed by atoms with van der Waals surface area (Å²) in [5.74, 6) is -2.29. The Morgan fingerprint density at radius 1 is 1.29 bits per heavy atom. The molecule has 2 heterocycles. The molecule has 24 heavy (non-hydrogen) atoms. The fourth-order valence-electron chi connectivity index (χ4n) is 2.81. The number of anilines is 1. The minimum absolute atomic E-state index is 0.0613. The summed E-state index contributed by atoms with van der Waals surface area (Å²) in [5.41, 5.74) is 8.94. The van der Waals surface area contributed by atoms with Gasteiger partial charge >= 0.3 is 0 Å². The average Bonchev–Trinajstić information content (AvgIpc) is 2.81. The Balaban J connectivity index is 1.93. The highest BCUT2D eigenvalue weighted by atomic mass is 16.2. The lowest BCUT2D eigenvalue weighted by Gasteiger charge is -2.27. The van der Waals surface area contributed by atoms with Crippen LogP contribution in [0.4, 0.5) is 5.69 Å². The first-order chi connectivity index (χ1) is 11.5. The van der Waals surface area contributed by atoms with E-state index in [0.29, 0.717) is 5.69 Å². The topological polar surface area (TPSA) is 144 Å². The molecule has 0 aliphatic carbocycles. The van der Waals surface area contributed by atoms with Crippen LogP contribution in [0.15, 0.2) is 23.3 Å². The largest absolute Gasteiger partial charge is 0.379 e. The molecule has 3 rings (SSSR count). The number of benzene rings is 1. The van der Waals surface area contributed by atoms with Crippen LogP contribution in [-0.2, 0) is 9.59 Å². The van der Waals surface area contributed by atoms with Crippen molar-refractivity contribution in [2.75, 3.05) is 12.0 Å². The highest BCUT2D eigenvalue weighted by Gasteiger charge is 2.45. The summed E-state index contributed by atoms with van der Waals surface area (Å²) in [6.07, 6.45) is 0.156. The van der Waals surface area contributed by atoms with Gasteiger partial charge in [0.25, 0.3) is 11.8 Å². The molecule has 0 aromatic heterocycles. The zero-order valence-electron chi connectivity index (χ0n) is 12.4. The van der Waals surface area contributed by atoms with Crippen LogP contribution < -0.4 is 10.6 Å². The van der Waals surface area contributed by atoms with Crippen LogP contribution in [0.25, 0.3) is 10.4 Å². The van der Waals surface area contributed by atoms with E-state index in [1.165, 1.54) is 6.07 Å². The number of imide groups is 2. The number of nitrogens with one attached hydrogen (secondary N) is 2. The molecule has 10 heteroatoms. The minimum Gasteiger partial charge on any atom is -0.379 e. The second-order valence-electron chi connectivity index (χ2n) is 5.24. The van der Waals surface area contributed by atoms with Gasteiger partial charge in [-0.1, -0.05) is 11.2 Å². The second-order valence-corrected chi connectivity index (χ2v) is 5.24. The first-order valence-electron chi connectivity index (χ1n) is 7.14. The summed E-state index contributed by atoms with van der Waals surface area (Å²) < 4.78 is 0. The highest BCUT2D eigenvalue weighted by molar-refractivity contribution is 6.25. The zero-order chi connectivity index (χ0) is 17.3. The monoisotopic (exact) mass is 328 g/mol. The van der Waals surface area contributed by atoms with Crippen LogP contribution >= 0.6 is 0 Å². The van der Waals surface area contributed by atoms with Gasteiger partial charge in [0.1, 0.15) is 6.04 Å². The van der Waals surface area contributed by atoms with Crippen molar-refractivity contribution < 1.29 is 19.2 Å². The summed E-state index contributed by atoms with van der Waals surface area (Å²) in [6.45, 7) is -0.0904. The number of nitrogens with zero attached hydrogens (tertiary/aromatic N) is 4. The zero-order valence-corrected chi connectivity index (χ0v) is 12.4.